The van der Waals surface area contributed by atoms with Crippen LogP contribution in [0.15, 0.2) is 18.2 Å². The first-order chi connectivity index (χ1) is 13.4. The molecule has 2 aliphatic carbocycles. The fraction of sp³-hybridized carbons (Fsp3) is 0.727. The number of hydrogen-bond donors (Lipinski definition) is 0. The molecule has 160 valence electrons. The van der Waals surface area contributed by atoms with E-state index < -0.39 is 17.3 Å². The fourth-order valence-corrected chi connectivity index (χ4v) is 4.80. The average molecular weight is 465 g/mol. The number of methoxy groups -OCH3 is 2. The molecule has 0 bridgehead atoms. The molecule has 2 aliphatic rings. The SMILES string of the molecule is COC1(c2ccc(C(F)(F)F)cc2CBr)CCCC1.COC1CCCCCC1. The van der Waals surface area contributed by atoms with Crippen LogP contribution < -0.4 is 0 Å². The van der Waals surface area contributed by atoms with Gasteiger partial charge in [-0.15, -0.1) is 0 Å². The summed E-state index contributed by atoms with van der Waals surface area (Å²) in [6.45, 7) is 0. The van der Waals surface area contributed by atoms with Crippen molar-refractivity contribution in [3.8, 4) is 0 Å². The second kappa shape index (κ2) is 11.0. The van der Waals surface area contributed by atoms with Crippen molar-refractivity contribution < 1.29 is 22.6 Å². The van der Waals surface area contributed by atoms with Crippen LogP contribution in [0.2, 0.25) is 0 Å². The van der Waals surface area contributed by atoms with Crippen LogP contribution >= 0.6 is 15.9 Å². The van der Waals surface area contributed by atoms with Gasteiger partial charge in [0.05, 0.1) is 17.3 Å². The molecule has 0 unspecified atom stereocenters. The molecule has 0 aromatic heterocycles. The molecule has 0 spiro atoms. The Balaban J connectivity index is 0.000000261. The molecule has 28 heavy (non-hydrogen) atoms. The van der Waals surface area contributed by atoms with Gasteiger partial charge in [-0.2, -0.15) is 13.2 Å². The highest BCUT2D eigenvalue weighted by atomic mass is 79.9. The third-order valence-corrected chi connectivity index (χ3v) is 6.61. The number of ether oxygens (including phenoxy) is 2. The molecule has 0 radical (unpaired) electrons. The number of hydrogen-bond acceptors (Lipinski definition) is 2. The van der Waals surface area contributed by atoms with Crippen LogP contribution in [0.25, 0.3) is 0 Å². The summed E-state index contributed by atoms with van der Waals surface area (Å²) >= 11 is 3.29. The minimum atomic E-state index is -4.30. The summed E-state index contributed by atoms with van der Waals surface area (Å²) < 4.78 is 49.2. The normalized spacial score (nSPS) is 20.4. The summed E-state index contributed by atoms with van der Waals surface area (Å²) in [5.41, 5.74) is 0.540. The Hall–Kier alpha value is -0.590. The van der Waals surface area contributed by atoms with E-state index in [2.05, 4.69) is 15.9 Å². The van der Waals surface area contributed by atoms with Gasteiger partial charge in [0.2, 0.25) is 0 Å². The molecular formula is C22H32BrF3O2. The van der Waals surface area contributed by atoms with Gasteiger partial charge in [-0.3, -0.25) is 0 Å². The number of alkyl halides is 4. The van der Waals surface area contributed by atoms with Crippen LogP contribution in [0.1, 0.15) is 80.9 Å². The Kier molecular flexibility index (Phi) is 9.29. The van der Waals surface area contributed by atoms with Gasteiger partial charge in [0.1, 0.15) is 0 Å². The summed E-state index contributed by atoms with van der Waals surface area (Å²) in [6, 6.07) is 3.96. The van der Waals surface area contributed by atoms with Crippen molar-refractivity contribution in [2.75, 3.05) is 14.2 Å². The highest BCUT2D eigenvalue weighted by Crippen LogP contribution is 2.44. The lowest BCUT2D eigenvalue weighted by Gasteiger charge is -2.30. The van der Waals surface area contributed by atoms with Crippen LogP contribution in [-0.2, 0) is 26.6 Å². The molecule has 2 saturated carbocycles. The Morgan fingerprint density at radius 3 is 2.07 bits per heavy atom. The third-order valence-electron chi connectivity index (χ3n) is 6.00. The van der Waals surface area contributed by atoms with Crippen molar-refractivity contribution in [1.82, 2.24) is 0 Å². The first kappa shape index (κ1) is 23.7. The van der Waals surface area contributed by atoms with E-state index in [4.69, 9.17) is 9.47 Å². The highest BCUT2D eigenvalue weighted by molar-refractivity contribution is 9.08. The first-order valence-electron chi connectivity index (χ1n) is 10.2. The van der Waals surface area contributed by atoms with Crippen molar-refractivity contribution >= 4 is 15.9 Å². The third kappa shape index (κ3) is 6.20. The van der Waals surface area contributed by atoms with Crippen molar-refractivity contribution in [2.45, 2.75) is 87.4 Å². The molecule has 0 saturated heterocycles. The van der Waals surface area contributed by atoms with Crippen molar-refractivity contribution in [1.29, 1.82) is 0 Å². The Morgan fingerprint density at radius 2 is 1.61 bits per heavy atom. The van der Waals surface area contributed by atoms with Crippen molar-refractivity contribution in [3.05, 3.63) is 34.9 Å². The predicted molar refractivity (Wildman–Crippen MR) is 110 cm³/mol. The zero-order chi connectivity index (χ0) is 20.6. The van der Waals surface area contributed by atoms with E-state index in [0.29, 0.717) is 17.0 Å². The van der Waals surface area contributed by atoms with E-state index in [1.54, 1.807) is 13.2 Å². The molecule has 0 N–H and O–H groups in total. The fourth-order valence-electron chi connectivity index (χ4n) is 4.33. The van der Waals surface area contributed by atoms with Gasteiger partial charge in [0.25, 0.3) is 0 Å². The zero-order valence-corrected chi connectivity index (χ0v) is 18.5. The van der Waals surface area contributed by atoms with Crippen molar-refractivity contribution in [3.63, 3.8) is 0 Å². The molecule has 2 nitrogen and oxygen atoms in total. The van der Waals surface area contributed by atoms with Gasteiger partial charge in [0.15, 0.2) is 0 Å². The summed E-state index contributed by atoms with van der Waals surface area (Å²) in [4.78, 5) is 0. The largest absolute Gasteiger partial charge is 0.416 e. The summed E-state index contributed by atoms with van der Waals surface area (Å²) in [7, 11) is 3.47. The van der Waals surface area contributed by atoms with Crippen LogP contribution in [0.5, 0.6) is 0 Å². The van der Waals surface area contributed by atoms with Gasteiger partial charge in [-0.05, 0) is 48.9 Å². The lowest BCUT2D eigenvalue weighted by atomic mass is 9.87. The minimum Gasteiger partial charge on any atom is -0.381 e. The minimum absolute atomic E-state index is 0.400. The van der Waals surface area contributed by atoms with Crippen LogP contribution in [0.4, 0.5) is 13.2 Å². The molecule has 1 aromatic rings. The van der Waals surface area contributed by atoms with Crippen LogP contribution in [0.3, 0.4) is 0 Å². The molecule has 0 heterocycles. The molecule has 3 rings (SSSR count). The van der Waals surface area contributed by atoms with E-state index in [9.17, 15) is 13.2 Å². The van der Waals surface area contributed by atoms with E-state index in [0.717, 1.165) is 37.3 Å². The molecule has 0 aliphatic heterocycles. The van der Waals surface area contributed by atoms with Gasteiger partial charge >= 0.3 is 6.18 Å². The topological polar surface area (TPSA) is 18.5 Å². The molecule has 0 amide bonds. The maximum Gasteiger partial charge on any atom is 0.416 e. The van der Waals surface area contributed by atoms with E-state index in [1.165, 1.54) is 44.6 Å². The number of benzene rings is 1. The highest BCUT2D eigenvalue weighted by Gasteiger charge is 2.38. The summed E-state index contributed by atoms with van der Waals surface area (Å²) in [6.07, 6.45) is 8.28. The quantitative estimate of drug-likeness (QED) is 0.341. The Labute approximate surface area is 175 Å². The van der Waals surface area contributed by atoms with Crippen LogP contribution in [-0.4, -0.2) is 20.3 Å². The summed E-state index contributed by atoms with van der Waals surface area (Å²) in [5.74, 6) is 0. The molecule has 0 atom stereocenters. The monoisotopic (exact) mass is 464 g/mol. The maximum atomic E-state index is 12.7. The van der Waals surface area contributed by atoms with E-state index >= 15 is 0 Å². The second-order valence-corrected chi connectivity index (χ2v) is 8.32. The first-order valence-corrected chi connectivity index (χ1v) is 11.3. The van der Waals surface area contributed by atoms with E-state index in [-0.39, 0.29) is 0 Å². The van der Waals surface area contributed by atoms with Gasteiger partial charge in [0, 0.05) is 19.5 Å². The standard InChI is InChI=1S/C14H16BrF3O.C8H16O/c1-19-13(6-2-3-7-13)12-5-4-11(14(16,17)18)8-10(12)9-15;1-9-8-6-4-2-3-5-7-8/h4-5,8H,2-3,6-7,9H2,1H3;8H,2-7H2,1H3. The second-order valence-electron chi connectivity index (χ2n) is 7.76. The van der Waals surface area contributed by atoms with Gasteiger partial charge in [-0.25, -0.2) is 0 Å². The van der Waals surface area contributed by atoms with Gasteiger partial charge < -0.3 is 9.47 Å². The van der Waals surface area contributed by atoms with Gasteiger partial charge in [-0.1, -0.05) is 60.5 Å². The number of halogens is 4. The molecule has 2 fully saturated rings. The molecular weight excluding hydrogens is 433 g/mol. The van der Waals surface area contributed by atoms with E-state index in [1.807, 2.05) is 7.11 Å². The summed E-state index contributed by atoms with van der Waals surface area (Å²) in [5, 5.41) is 0.400. The molecule has 1 aromatic carbocycles. The Morgan fingerprint density at radius 1 is 1.00 bits per heavy atom. The van der Waals surface area contributed by atoms with Crippen LogP contribution in [0, 0.1) is 0 Å². The lowest BCUT2D eigenvalue weighted by molar-refractivity contribution is -0.137. The number of rotatable bonds is 4. The lowest BCUT2D eigenvalue weighted by Crippen LogP contribution is -2.26. The zero-order valence-electron chi connectivity index (χ0n) is 16.9. The average Bonchev–Trinajstić information content (AvgIpc) is 3.03. The predicted octanol–water partition coefficient (Wildman–Crippen LogP) is 7.37. The Bertz CT molecular complexity index is 590. The maximum absolute atomic E-state index is 12.7. The molecule has 6 heteroatoms. The smallest absolute Gasteiger partial charge is 0.381 e. The van der Waals surface area contributed by atoms with Crippen molar-refractivity contribution in [2.24, 2.45) is 0 Å².